The maximum Gasteiger partial charge on any atom is 0.454 e. The first-order chi connectivity index (χ1) is 10.8. The van der Waals surface area contributed by atoms with Gasteiger partial charge in [0.15, 0.2) is 0 Å². The molecule has 1 aromatic rings. The van der Waals surface area contributed by atoms with Crippen molar-refractivity contribution < 1.29 is 27.2 Å². The van der Waals surface area contributed by atoms with Crippen LogP contribution in [0, 0.1) is 5.82 Å². The highest BCUT2D eigenvalue weighted by Gasteiger charge is 2.37. The molecule has 0 spiro atoms. The van der Waals surface area contributed by atoms with E-state index in [1.54, 1.807) is 0 Å². The molecule has 124 valence electrons. The minimum atomic E-state index is -4.93. The Labute approximate surface area is 129 Å². The molecule has 1 heterocycles. The lowest BCUT2D eigenvalue weighted by Gasteiger charge is -2.22. The highest BCUT2D eigenvalue weighted by atomic mass is 19.4. The molecule has 4 nitrogen and oxygen atoms in total. The monoisotopic (exact) mass is 330 g/mol. The second-order valence-electron chi connectivity index (χ2n) is 5.07. The Balaban J connectivity index is 2.00. The van der Waals surface area contributed by atoms with Gasteiger partial charge in [0.1, 0.15) is 11.9 Å². The lowest BCUT2D eigenvalue weighted by molar-refractivity contribution is -0.165. The van der Waals surface area contributed by atoms with Crippen LogP contribution in [0.5, 0.6) is 0 Å². The third-order valence-electron chi connectivity index (χ3n) is 3.41. The molecule has 0 unspecified atom stereocenters. The number of amides is 1. The van der Waals surface area contributed by atoms with Gasteiger partial charge < -0.3 is 10.2 Å². The fourth-order valence-corrected chi connectivity index (χ4v) is 2.27. The molecule has 0 saturated carbocycles. The molecule has 1 fully saturated rings. The van der Waals surface area contributed by atoms with Gasteiger partial charge in [-0.15, -0.1) is 0 Å². The summed E-state index contributed by atoms with van der Waals surface area (Å²) >= 11 is 0. The minimum Gasteiger partial charge on any atom is -0.365 e. The van der Waals surface area contributed by atoms with Crippen LogP contribution >= 0.6 is 0 Å². The molecule has 1 N–H and O–H groups in total. The van der Waals surface area contributed by atoms with E-state index in [9.17, 15) is 27.2 Å². The Bertz CT molecular complexity index is 611. The highest BCUT2D eigenvalue weighted by Crippen LogP contribution is 2.21. The van der Waals surface area contributed by atoms with Crippen LogP contribution in [0.15, 0.2) is 36.5 Å². The molecule has 0 aliphatic carbocycles. The zero-order chi connectivity index (χ0) is 17.0. The van der Waals surface area contributed by atoms with Crippen LogP contribution in [0.1, 0.15) is 12.8 Å². The number of carbonyl (C=O) groups excluding carboxylic acids is 2. The lowest BCUT2D eigenvalue weighted by Crippen LogP contribution is -2.36. The average Bonchev–Trinajstić information content (AvgIpc) is 2.94. The summed E-state index contributed by atoms with van der Waals surface area (Å²) in [6, 6.07) is 4.47. The van der Waals surface area contributed by atoms with E-state index >= 15 is 0 Å². The topological polar surface area (TPSA) is 49.4 Å². The zero-order valence-corrected chi connectivity index (χ0v) is 11.9. The summed E-state index contributed by atoms with van der Waals surface area (Å²) in [4.78, 5) is 24.4. The summed E-state index contributed by atoms with van der Waals surface area (Å²) in [7, 11) is 0. The van der Waals surface area contributed by atoms with Gasteiger partial charge in [0.25, 0.3) is 5.78 Å². The average molecular weight is 330 g/mol. The SMILES string of the molecule is O=C(Nc1ccc(F)cc1)[C@H]1CCCN1/C=C/C(=O)C(F)(F)F. The Morgan fingerprint density at radius 3 is 2.48 bits per heavy atom. The van der Waals surface area contributed by atoms with Crippen LogP contribution < -0.4 is 5.32 Å². The summed E-state index contributed by atoms with van der Waals surface area (Å²) in [6.07, 6.45) is -2.44. The molecule has 1 amide bonds. The van der Waals surface area contributed by atoms with E-state index in [0.29, 0.717) is 31.1 Å². The van der Waals surface area contributed by atoms with Gasteiger partial charge in [0, 0.05) is 24.5 Å². The van der Waals surface area contributed by atoms with Crippen molar-refractivity contribution in [1.29, 1.82) is 0 Å². The van der Waals surface area contributed by atoms with Crippen molar-refractivity contribution in [2.24, 2.45) is 0 Å². The van der Waals surface area contributed by atoms with Crippen molar-refractivity contribution >= 4 is 17.4 Å². The van der Waals surface area contributed by atoms with E-state index in [2.05, 4.69) is 5.32 Å². The summed E-state index contributed by atoms with van der Waals surface area (Å²) < 4.78 is 49.3. The first-order valence-electron chi connectivity index (χ1n) is 6.89. The lowest BCUT2D eigenvalue weighted by atomic mass is 10.2. The van der Waals surface area contributed by atoms with E-state index < -0.39 is 29.7 Å². The summed E-state index contributed by atoms with van der Waals surface area (Å²) in [5, 5.41) is 2.57. The van der Waals surface area contributed by atoms with Crippen molar-refractivity contribution in [1.82, 2.24) is 4.90 Å². The van der Waals surface area contributed by atoms with Crippen LogP contribution in [0.4, 0.5) is 23.2 Å². The second-order valence-corrected chi connectivity index (χ2v) is 5.07. The summed E-state index contributed by atoms with van der Waals surface area (Å²) in [6.45, 7) is 0.378. The van der Waals surface area contributed by atoms with Crippen LogP contribution in [-0.2, 0) is 9.59 Å². The molecule has 0 aromatic heterocycles. The van der Waals surface area contributed by atoms with Crippen molar-refractivity contribution in [3.8, 4) is 0 Å². The Morgan fingerprint density at radius 2 is 1.87 bits per heavy atom. The summed E-state index contributed by atoms with van der Waals surface area (Å²) in [5.74, 6) is -2.83. The van der Waals surface area contributed by atoms with Crippen LogP contribution in [0.3, 0.4) is 0 Å². The molecule has 1 aromatic carbocycles. The summed E-state index contributed by atoms with van der Waals surface area (Å²) in [5.41, 5.74) is 0.388. The van der Waals surface area contributed by atoms with Crippen molar-refractivity contribution in [2.45, 2.75) is 25.1 Å². The number of nitrogens with zero attached hydrogens (tertiary/aromatic N) is 1. The number of hydrogen-bond donors (Lipinski definition) is 1. The first kappa shape index (κ1) is 17.0. The number of ketones is 1. The number of benzene rings is 1. The molecule has 2 rings (SSSR count). The van der Waals surface area contributed by atoms with Gasteiger partial charge >= 0.3 is 6.18 Å². The maximum absolute atomic E-state index is 12.8. The van der Waals surface area contributed by atoms with Gasteiger partial charge in [-0.2, -0.15) is 13.2 Å². The molecule has 1 saturated heterocycles. The molecular weight excluding hydrogens is 316 g/mol. The van der Waals surface area contributed by atoms with E-state index in [4.69, 9.17) is 0 Å². The molecular formula is C15H14F4N2O2. The number of rotatable bonds is 4. The van der Waals surface area contributed by atoms with E-state index in [1.165, 1.54) is 29.2 Å². The Kier molecular flexibility index (Phi) is 5.02. The number of likely N-dealkylation sites (tertiary alicyclic amines) is 1. The Hall–Kier alpha value is -2.38. The number of alkyl halides is 3. The van der Waals surface area contributed by atoms with Gasteiger partial charge in [-0.1, -0.05) is 0 Å². The fraction of sp³-hybridized carbons (Fsp3) is 0.333. The van der Waals surface area contributed by atoms with Crippen LogP contribution in [0.25, 0.3) is 0 Å². The van der Waals surface area contributed by atoms with Crippen molar-refractivity contribution in [2.75, 3.05) is 11.9 Å². The van der Waals surface area contributed by atoms with Crippen LogP contribution in [-0.4, -0.2) is 35.4 Å². The number of nitrogens with one attached hydrogen (secondary N) is 1. The maximum atomic E-state index is 12.8. The molecule has 8 heteroatoms. The van der Waals surface area contributed by atoms with Gasteiger partial charge in [0.05, 0.1) is 0 Å². The van der Waals surface area contributed by atoms with E-state index in [-0.39, 0.29) is 0 Å². The zero-order valence-electron chi connectivity index (χ0n) is 11.9. The van der Waals surface area contributed by atoms with Crippen LogP contribution in [0.2, 0.25) is 0 Å². The predicted molar refractivity (Wildman–Crippen MR) is 75.0 cm³/mol. The number of anilines is 1. The standard InChI is InChI=1S/C15H14F4N2O2/c16-10-3-5-11(6-4-10)20-14(23)12-2-1-8-21(12)9-7-13(22)15(17,18)19/h3-7,9,12H,1-2,8H2,(H,20,23)/b9-7+/t12-/m1/s1. The third kappa shape index (κ3) is 4.54. The third-order valence-corrected chi connectivity index (χ3v) is 3.41. The smallest absolute Gasteiger partial charge is 0.365 e. The molecule has 23 heavy (non-hydrogen) atoms. The van der Waals surface area contributed by atoms with Gasteiger partial charge in [-0.05, 0) is 37.1 Å². The Morgan fingerprint density at radius 1 is 1.22 bits per heavy atom. The quantitative estimate of drug-likeness (QED) is 0.682. The van der Waals surface area contributed by atoms with Gasteiger partial charge in [0.2, 0.25) is 5.91 Å². The largest absolute Gasteiger partial charge is 0.454 e. The first-order valence-corrected chi connectivity index (χ1v) is 6.89. The number of allylic oxidation sites excluding steroid dienone is 1. The van der Waals surface area contributed by atoms with Crippen molar-refractivity contribution in [3.63, 3.8) is 0 Å². The molecule has 1 aliphatic heterocycles. The minimum absolute atomic E-state index is 0.378. The van der Waals surface area contributed by atoms with Gasteiger partial charge in [-0.25, -0.2) is 4.39 Å². The normalized spacial score (nSPS) is 18.4. The molecule has 1 aliphatic rings. The highest BCUT2D eigenvalue weighted by molar-refractivity contribution is 5.96. The fourth-order valence-electron chi connectivity index (χ4n) is 2.27. The second kappa shape index (κ2) is 6.80. The van der Waals surface area contributed by atoms with E-state index in [1.807, 2.05) is 0 Å². The van der Waals surface area contributed by atoms with E-state index in [0.717, 1.165) is 6.20 Å². The predicted octanol–water partition coefficient (Wildman–Crippen LogP) is 2.87. The number of carbonyl (C=O) groups is 2. The number of hydrogen-bond acceptors (Lipinski definition) is 3. The molecule has 0 radical (unpaired) electrons. The number of halogens is 4. The molecule has 1 atom stereocenters. The van der Waals surface area contributed by atoms with Crippen molar-refractivity contribution in [3.05, 3.63) is 42.4 Å². The molecule has 0 bridgehead atoms. The van der Waals surface area contributed by atoms with Gasteiger partial charge in [-0.3, -0.25) is 9.59 Å².